The van der Waals surface area contributed by atoms with Gasteiger partial charge in [-0.2, -0.15) is 0 Å². The summed E-state index contributed by atoms with van der Waals surface area (Å²) in [4.78, 5) is 11.3. The predicted octanol–water partition coefficient (Wildman–Crippen LogP) is 2.39. The first kappa shape index (κ1) is 13.5. The van der Waals surface area contributed by atoms with E-state index in [1.165, 1.54) is 0 Å². The SMILES string of the molecule is CC.CNC(=O)c1cccc(OC)c1C. The van der Waals surface area contributed by atoms with Crippen LogP contribution in [0.2, 0.25) is 0 Å². The number of ether oxygens (including phenoxy) is 1. The van der Waals surface area contributed by atoms with E-state index in [4.69, 9.17) is 4.74 Å². The molecule has 0 bridgehead atoms. The van der Waals surface area contributed by atoms with Crippen molar-refractivity contribution in [2.45, 2.75) is 20.8 Å². The van der Waals surface area contributed by atoms with Crippen LogP contribution in [0.15, 0.2) is 18.2 Å². The van der Waals surface area contributed by atoms with E-state index in [9.17, 15) is 4.79 Å². The van der Waals surface area contributed by atoms with E-state index >= 15 is 0 Å². The predicted molar refractivity (Wildman–Crippen MR) is 62.5 cm³/mol. The molecule has 0 unspecified atom stereocenters. The number of hydrogen-bond acceptors (Lipinski definition) is 2. The Bertz CT molecular complexity index is 321. The van der Waals surface area contributed by atoms with Gasteiger partial charge in [-0.05, 0) is 19.1 Å². The first-order chi connectivity index (χ1) is 7.20. The molecule has 0 aliphatic carbocycles. The highest BCUT2D eigenvalue weighted by molar-refractivity contribution is 5.96. The Hall–Kier alpha value is -1.51. The van der Waals surface area contributed by atoms with Gasteiger partial charge in [-0.25, -0.2) is 0 Å². The third-order valence-electron chi connectivity index (χ3n) is 1.98. The fraction of sp³-hybridized carbons (Fsp3) is 0.417. The molecule has 0 heterocycles. The van der Waals surface area contributed by atoms with Gasteiger partial charge in [0, 0.05) is 18.2 Å². The first-order valence-electron chi connectivity index (χ1n) is 5.06. The van der Waals surface area contributed by atoms with Crippen LogP contribution in [-0.2, 0) is 0 Å². The van der Waals surface area contributed by atoms with Gasteiger partial charge in [0.25, 0.3) is 5.91 Å². The van der Waals surface area contributed by atoms with Crippen LogP contribution in [0.1, 0.15) is 29.8 Å². The molecule has 1 aromatic rings. The molecule has 15 heavy (non-hydrogen) atoms. The number of rotatable bonds is 2. The summed E-state index contributed by atoms with van der Waals surface area (Å²) in [6, 6.07) is 5.41. The molecule has 84 valence electrons. The van der Waals surface area contributed by atoms with Crippen molar-refractivity contribution in [3.05, 3.63) is 29.3 Å². The average Bonchev–Trinajstić information content (AvgIpc) is 2.31. The zero-order valence-corrected chi connectivity index (χ0v) is 10.0. The summed E-state index contributed by atoms with van der Waals surface area (Å²) in [5, 5.41) is 2.58. The highest BCUT2D eigenvalue weighted by Gasteiger charge is 2.09. The van der Waals surface area contributed by atoms with Crippen molar-refractivity contribution in [1.29, 1.82) is 0 Å². The molecule has 1 N–H and O–H groups in total. The molecule has 0 aliphatic heterocycles. The number of benzene rings is 1. The van der Waals surface area contributed by atoms with Crippen molar-refractivity contribution in [3.8, 4) is 5.75 Å². The fourth-order valence-corrected chi connectivity index (χ4v) is 1.22. The monoisotopic (exact) mass is 209 g/mol. The van der Waals surface area contributed by atoms with Crippen molar-refractivity contribution < 1.29 is 9.53 Å². The van der Waals surface area contributed by atoms with E-state index in [-0.39, 0.29) is 5.91 Å². The van der Waals surface area contributed by atoms with Gasteiger partial charge in [0.05, 0.1) is 7.11 Å². The quantitative estimate of drug-likeness (QED) is 0.812. The topological polar surface area (TPSA) is 38.3 Å². The van der Waals surface area contributed by atoms with Gasteiger partial charge in [-0.15, -0.1) is 0 Å². The van der Waals surface area contributed by atoms with Gasteiger partial charge in [0.15, 0.2) is 0 Å². The van der Waals surface area contributed by atoms with Crippen LogP contribution in [-0.4, -0.2) is 20.1 Å². The summed E-state index contributed by atoms with van der Waals surface area (Å²) in [5.41, 5.74) is 1.52. The minimum Gasteiger partial charge on any atom is -0.496 e. The number of nitrogens with one attached hydrogen (secondary N) is 1. The second-order valence-corrected chi connectivity index (χ2v) is 2.71. The third-order valence-corrected chi connectivity index (χ3v) is 1.98. The number of methoxy groups -OCH3 is 1. The molecule has 1 aromatic carbocycles. The molecule has 0 spiro atoms. The molecule has 0 atom stereocenters. The Kier molecular flexibility index (Phi) is 6.18. The molecule has 1 rings (SSSR count). The molecule has 0 saturated heterocycles. The van der Waals surface area contributed by atoms with E-state index in [0.29, 0.717) is 5.56 Å². The van der Waals surface area contributed by atoms with Crippen LogP contribution in [0, 0.1) is 6.92 Å². The van der Waals surface area contributed by atoms with E-state index in [1.807, 2.05) is 26.8 Å². The zero-order chi connectivity index (χ0) is 11.8. The molecule has 0 fully saturated rings. The van der Waals surface area contributed by atoms with Gasteiger partial charge in [-0.3, -0.25) is 4.79 Å². The van der Waals surface area contributed by atoms with Crippen LogP contribution < -0.4 is 10.1 Å². The highest BCUT2D eigenvalue weighted by Crippen LogP contribution is 2.20. The highest BCUT2D eigenvalue weighted by atomic mass is 16.5. The Morgan fingerprint density at radius 2 is 1.93 bits per heavy atom. The largest absolute Gasteiger partial charge is 0.496 e. The van der Waals surface area contributed by atoms with Crippen molar-refractivity contribution >= 4 is 5.91 Å². The third kappa shape index (κ3) is 3.27. The Morgan fingerprint density at radius 1 is 1.33 bits per heavy atom. The van der Waals surface area contributed by atoms with E-state index in [2.05, 4.69) is 5.32 Å². The molecule has 3 nitrogen and oxygen atoms in total. The van der Waals surface area contributed by atoms with E-state index in [0.717, 1.165) is 11.3 Å². The minimum atomic E-state index is -0.0867. The van der Waals surface area contributed by atoms with Crippen LogP contribution in [0.3, 0.4) is 0 Å². The van der Waals surface area contributed by atoms with E-state index in [1.54, 1.807) is 26.3 Å². The molecule has 0 radical (unpaired) electrons. The average molecular weight is 209 g/mol. The summed E-state index contributed by atoms with van der Waals surface area (Å²) in [7, 11) is 3.21. The summed E-state index contributed by atoms with van der Waals surface area (Å²) in [5.74, 6) is 0.650. The zero-order valence-electron chi connectivity index (χ0n) is 10.0. The maximum absolute atomic E-state index is 11.3. The van der Waals surface area contributed by atoms with Gasteiger partial charge in [0.2, 0.25) is 0 Å². The molecule has 3 heteroatoms. The van der Waals surface area contributed by atoms with Gasteiger partial charge in [-0.1, -0.05) is 19.9 Å². The Balaban J connectivity index is 0.000000921. The molecule has 0 aliphatic rings. The molecule has 0 aromatic heterocycles. The van der Waals surface area contributed by atoms with Crippen molar-refractivity contribution in [2.24, 2.45) is 0 Å². The summed E-state index contributed by atoms with van der Waals surface area (Å²) in [6.07, 6.45) is 0. The lowest BCUT2D eigenvalue weighted by Gasteiger charge is -2.08. The number of carbonyl (C=O) groups excluding carboxylic acids is 1. The maximum atomic E-state index is 11.3. The van der Waals surface area contributed by atoms with Crippen LogP contribution in [0.4, 0.5) is 0 Å². The summed E-state index contributed by atoms with van der Waals surface area (Å²) in [6.45, 7) is 5.86. The second-order valence-electron chi connectivity index (χ2n) is 2.71. The van der Waals surface area contributed by atoms with Crippen molar-refractivity contribution in [3.63, 3.8) is 0 Å². The number of amides is 1. The summed E-state index contributed by atoms with van der Waals surface area (Å²) >= 11 is 0. The van der Waals surface area contributed by atoms with Crippen LogP contribution in [0.5, 0.6) is 5.75 Å². The van der Waals surface area contributed by atoms with E-state index < -0.39 is 0 Å². The molecule has 1 amide bonds. The number of carbonyl (C=O) groups is 1. The standard InChI is InChI=1S/C10H13NO2.C2H6/c1-7-8(10(12)11-2)5-4-6-9(7)13-3;1-2/h4-6H,1-3H3,(H,11,12);1-2H3. The lowest BCUT2D eigenvalue weighted by molar-refractivity contribution is 0.0962. The minimum absolute atomic E-state index is 0.0867. The van der Waals surface area contributed by atoms with Crippen molar-refractivity contribution in [1.82, 2.24) is 5.32 Å². The van der Waals surface area contributed by atoms with Crippen LogP contribution >= 0.6 is 0 Å². The first-order valence-corrected chi connectivity index (χ1v) is 5.06. The molecule has 0 saturated carbocycles. The lowest BCUT2D eigenvalue weighted by atomic mass is 10.1. The second kappa shape index (κ2) is 6.87. The molecular weight excluding hydrogens is 190 g/mol. The molecular formula is C12H19NO2. The van der Waals surface area contributed by atoms with Crippen molar-refractivity contribution in [2.75, 3.05) is 14.2 Å². The van der Waals surface area contributed by atoms with Gasteiger partial charge < -0.3 is 10.1 Å². The van der Waals surface area contributed by atoms with Crippen LogP contribution in [0.25, 0.3) is 0 Å². The maximum Gasteiger partial charge on any atom is 0.251 e. The Labute approximate surface area is 91.5 Å². The number of hydrogen-bond donors (Lipinski definition) is 1. The fourth-order valence-electron chi connectivity index (χ4n) is 1.22. The summed E-state index contributed by atoms with van der Waals surface area (Å²) < 4.78 is 5.10. The van der Waals surface area contributed by atoms with Gasteiger partial charge in [0.1, 0.15) is 5.75 Å². The van der Waals surface area contributed by atoms with Gasteiger partial charge >= 0.3 is 0 Å². The normalized spacial score (nSPS) is 8.60. The smallest absolute Gasteiger partial charge is 0.251 e. The Morgan fingerprint density at radius 3 is 2.40 bits per heavy atom. The lowest BCUT2D eigenvalue weighted by Crippen LogP contribution is -2.19.